The molecule has 0 aromatic rings. The van der Waals surface area contributed by atoms with Crippen LogP contribution >= 0.6 is 0 Å². The highest BCUT2D eigenvalue weighted by Crippen LogP contribution is 2.18. The van der Waals surface area contributed by atoms with Gasteiger partial charge in [0.2, 0.25) is 5.91 Å². The molecule has 0 aromatic carbocycles. The second-order valence-electron chi connectivity index (χ2n) is 5.74. The van der Waals surface area contributed by atoms with Gasteiger partial charge in [-0.25, -0.2) is 9.59 Å². The van der Waals surface area contributed by atoms with Gasteiger partial charge in [-0.3, -0.25) is 4.79 Å². The van der Waals surface area contributed by atoms with Gasteiger partial charge in [0.15, 0.2) is 0 Å². The first-order chi connectivity index (χ1) is 9.71. The van der Waals surface area contributed by atoms with Gasteiger partial charge in [0, 0.05) is 39.6 Å². The maximum atomic E-state index is 12.6. The average Bonchev–Trinajstić information content (AvgIpc) is 2.64. The highest BCUT2D eigenvalue weighted by molar-refractivity contribution is 5.85. The second kappa shape index (κ2) is 6.78. The number of rotatable bonds is 3. The summed E-state index contributed by atoms with van der Waals surface area (Å²) < 4.78 is 0. The number of carboxylic acids is 1. The Kier molecular flexibility index (Phi) is 5.57. The van der Waals surface area contributed by atoms with Crippen molar-refractivity contribution < 1.29 is 19.5 Å². The first kappa shape index (κ1) is 17.3. The van der Waals surface area contributed by atoms with Gasteiger partial charge in [-0.05, 0) is 27.2 Å². The fraction of sp³-hybridized carbons (Fsp3) is 0.786. The monoisotopic (exact) mass is 299 g/mol. The van der Waals surface area contributed by atoms with E-state index in [0.717, 1.165) is 0 Å². The molecule has 1 heterocycles. The number of nitrogens with zero attached hydrogens (tertiary/aromatic N) is 3. The second-order valence-corrected chi connectivity index (χ2v) is 5.74. The molecular weight excluding hydrogens is 274 g/mol. The Balaban J connectivity index is 2.82. The summed E-state index contributed by atoms with van der Waals surface area (Å²) in [5.74, 6) is -1.03. The molecule has 0 bridgehead atoms. The average molecular weight is 299 g/mol. The number of hydrogen-bond acceptors (Lipinski definition) is 3. The zero-order valence-electron chi connectivity index (χ0n) is 13.3. The summed E-state index contributed by atoms with van der Waals surface area (Å²) in [5.41, 5.74) is -1.25. The molecule has 120 valence electrons. The summed E-state index contributed by atoms with van der Waals surface area (Å²) >= 11 is 0. The molecule has 3 amide bonds. The number of carbonyl (C=O) groups excluding carboxylic acids is 2. The highest BCUT2D eigenvalue weighted by atomic mass is 16.4. The van der Waals surface area contributed by atoms with Crippen LogP contribution in [0, 0.1) is 0 Å². The summed E-state index contributed by atoms with van der Waals surface area (Å²) in [6, 6.07) is -0.282. The lowest BCUT2D eigenvalue weighted by Crippen LogP contribution is -2.57. The fourth-order valence-electron chi connectivity index (χ4n) is 2.48. The van der Waals surface area contributed by atoms with E-state index in [-0.39, 0.29) is 11.9 Å². The Morgan fingerprint density at radius 1 is 1.10 bits per heavy atom. The zero-order chi connectivity index (χ0) is 16.2. The molecular formula is C14H25N3O4. The van der Waals surface area contributed by atoms with E-state index < -0.39 is 11.5 Å². The summed E-state index contributed by atoms with van der Waals surface area (Å²) in [4.78, 5) is 40.1. The molecule has 1 rings (SSSR count). The minimum atomic E-state index is -1.25. The number of aliphatic carboxylic acids is 1. The molecule has 1 aliphatic rings. The third kappa shape index (κ3) is 3.86. The Morgan fingerprint density at radius 2 is 1.62 bits per heavy atom. The third-order valence-electron chi connectivity index (χ3n) is 3.96. The first-order valence-electron chi connectivity index (χ1n) is 7.27. The van der Waals surface area contributed by atoms with Crippen LogP contribution in [0.1, 0.15) is 34.1 Å². The lowest BCUT2D eigenvalue weighted by molar-refractivity contribution is -0.147. The third-order valence-corrected chi connectivity index (χ3v) is 3.96. The Hall–Kier alpha value is -1.79. The molecule has 1 saturated heterocycles. The number of urea groups is 1. The summed E-state index contributed by atoms with van der Waals surface area (Å²) in [7, 11) is 0. The molecule has 21 heavy (non-hydrogen) atoms. The van der Waals surface area contributed by atoms with E-state index in [1.54, 1.807) is 16.7 Å². The Bertz CT molecular complexity index is 422. The van der Waals surface area contributed by atoms with E-state index in [4.69, 9.17) is 0 Å². The Morgan fingerprint density at radius 3 is 2.10 bits per heavy atom. The Labute approximate surface area is 125 Å². The normalized spacial score (nSPS) is 16.4. The van der Waals surface area contributed by atoms with Crippen molar-refractivity contribution in [3.05, 3.63) is 0 Å². The molecule has 0 radical (unpaired) electrons. The maximum Gasteiger partial charge on any atom is 0.329 e. The van der Waals surface area contributed by atoms with E-state index in [1.165, 1.54) is 25.7 Å². The minimum absolute atomic E-state index is 0.00233. The molecule has 1 N–H and O–H groups in total. The molecule has 7 nitrogen and oxygen atoms in total. The molecule has 0 saturated carbocycles. The van der Waals surface area contributed by atoms with Gasteiger partial charge >= 0.3 is 12.0 Å². The number of amides is 3. The first-order valence-corrected chi connectivity index (χ1v) is 7.27. The van der Waals surface area contributed by atoms with E-state index in [1.807, 2.05) is 0 Å². The topological polar surface area (TPSA) is 81.2 Å². The zero-order valence-corrected chi connectivity index (χ0v) is 13.3. The standard InChI is InChI=1S/C14H25N3O4/c1-5-17(14(3,4)12(19)20)13(21)16-8-6-7-15(9-10-16)11(2)18/h5-10H2,1-4H3,(H,19,20). The van der Waals surface area contributed by atoms with Crippen molar-refractivity contribution in [1.82, 2.24) is 14.7 Å². The number of hydrogen-bond donors (Lipinski definition) is 1. The SMILES string of the molecule is CCN(C(=O)N1CCCN(C(C)=O)CC1)C(C)(C)C(=O)O. The molecule has 0 aliphatic carbocycles. The van der Waals surface area contributed by atoms with Gasteiger partial charge < -0.3 is 19.8 Å². The predicted octanol–water partition coefficient (Wildman–Crippen LogP) is 0.846. The van der Waals surface area contributed by atoms with Crippen LogP contribution in [0.25, 0.3) is 0 Å². The van der Waals surface area contributed by atoms with E-state index >= 15 is 0 Å². The summed E-state index contributed by atoms with van der Waals surface area (Å²) in [5, 5.41) is 9.30. The van der Waals surface area contributed by atoms with Crippen LogP contribution in [-0.4, -0.2) is 76.0 Å². The van der Waals surface area contributed by atoms with Gasteiger partial charge in [0.1, 0.15) is 5.54 Å². The van der Waals surface area contributed by atoms with Crippen molar-refractivity contribution in [2.75, 3.05) is 32.7 Å². The molecule has 7 heteroatoms. The van der Waals surface area contributed by atoms with Crippen LogP contribution in [0.2, 0.25) is 0 Å². The largest absolute Gasteiger partial charge is 0.480 e. The van der Waals surface area contributed by atoms with Crippen molar-refractivity contribution >= 4 is 17.9 Å². The molecule has 1 aliphatic heterocycles. The van der Waals surface area contributed by atoms with Gasteiger partial charge in [-0.1, -0.05) is 0 Å². The van der Waals surface area contributed by atoms with Gasteiger partial charge in [-0.2, -0.15) is 0 Å². The van der Waals surface area contributed by atoms with Crippen LogP contribution in [-0.2, 0) is 9.59 Å². The molecule has 0 unspecified atom stereocenters. The van der Waals surface area contributed by atoms with Crippen LogP contribution in [0.15, 0.2) is 0 Å². The van der Waals surface area contributed by atoms with Crippen molar-refractivity contribution in [1.29, 1.82) is 0 Å². The lowest BCUT2D eigenvalue weighted by atomic mass is 10.0. The quantitative estimate of drug-likeness (QED) is 0.837. The van der Waals surface area contributed by atoms with Crippen LogP contribution in [0.5, 0.6) is 0 Å². The van der Waals surface area contributed by atoms with E-state index in [9.17, 15) is 19.5 Å². The van der Waals surface area contributed by atoms with Gasteiger partial charge in [-0.15, -0.1) is 0 Å². The van der Waals surface area contributed by atoms with Crippen LogP contribution in [0.4, 0.5) is 4.79 Å². The van der Waals surface area contributed by atoms with Gasteiger partial charge in [0.25, 0.3) is 0 Å². The molecule has 0 aromatic heterocycles. The van der Waals surface area contributed by atoms with Gasteiger partial charge in [0.05, 0.1) is 0 Å². The van der Waals surface area contributed by atoms with Crippen molar-refractivity contribution in [2.45, 2.75) is 39.7 Å². The number of likely N-dealkylation sites (N-methyl/N-ethyl adjacent to an activating group) is 1. The summed E-state index contributed by atoms with van der Waals surface area (Å²) in [6.45, 7) is 8.75. The molecule has 1 fully saturated rings. The summed E-state index contributed by atoms with van der Waals surface area (Å²) in [6.07, 6.45) is 0.705. The smallest absolute Gasteiger partial charge is 0.329 e. The number of carboxylic acid groups (broad SMARTS) is 1. The minimum Gasteiger partial charge on any atom is -0.480 e. The number of carbonyl (C=O) groups is 3. The lowest BCUT2D eigenvalue weighted by Gasteiger charge is -2.37. The molecule has 0 atom stereocenters. The maximum absolute atomic E-state index is 12.6. The van der Waals surface area contributed by atoms with Crippen molar-refractivity contribution in [3.8, 4) is 0 Å². The van der Waals surface area contributed by atoms with Crippen LogP contribution in [0.3, 0.4) is 0 Å². The van der Waals surface area contributed by atoms with Crippen molar-refractivity contribution in [2.24, 2.45) is 0 Å². The highest BCUT2D eigenvalue weighted by Gasteiger charge is 2.39. The predicted molar refractivity (Wildman–Crippen MR) is 77.9 cm³/mol. The van der Waals surface area contributed by atoms with E-state index in [0.29, 0.717) is 39.1 Å². The fourth-order valence-corrected chi connectivity index (χ4v) is 2.48. The van der Waals surface area contributed by atoms with Crippen molar-refractivity contribution in [3.63, 3.8) is 0 Å². The molecule has 0 spiro atoms. The van der Waals surface area contributed by atoms with E-state index in [2.05, 4.69) is 0 Å². The van der Waals surface area contributed by atoms with Crippen LogP contribution < -0.4 is 0 Å².